The first-order valence-electron chi connectivity index (χ1n) is 10.6. The van der Waals surface area contributed by atoms with Crippen LogP contribution in [0, 0.1) is 0 Å². The number of carbonyl (C=O) groups is 2. The van der Waals surface area contributed by atoms with Crippen molar-refractivity contribution >= 4 is 11.9 Å². The van der Waals surface area contributed by atoms with Crippen molar-refractivity contribution in [2.75, 3.05) is 33.5 Å². The van der Waals surface area contributed by atoms with Crippen LogP contribution in [-0.2, 0) is 9.53 Å². The molecule has 0 spiro atoms. The Morgan fingerprint density at radius 3 is 1.97 bits per heavy atom. The minimum Gasteiger partial charge on any atom is -0.497 e. The van der Waals surface area contributed by atoms with Gasteiger partial charge < -0.3 is 29.0 Å². The lowest BCUT2D eigenvalue weighted by Crippen LogP contribution is -2.31. The summed E-state index contributed by atoms with van der Waals surface area (Å²) in [6, 6.07) is 10.1. The van der Waals surface area contributed by atoms with Crippen LogP contribution in [-0.4, -0.2) is 45.4 Å². The Balaban J connectivity index is 2.04. The first-order chi connectivity index (χ1) is 15.4. The van der Waals surface area contributed by atoms with E-state index >= 15 is 0 Å². The molecule has 0 saturated heterocycles. The molecule has 0 bridgehead atoms. The van der Waals surface area contributed by atoms with Crippen LogP contribution in [0.3, 0.4) is 0 Å². The molecule has 0 aliphatic carbocycles. The van der Waals surface area contributed by atoms with Gasteiger partial charge in [-0.05, 0) is 57.5 Å². The van der Waals surface area contributed by atoms with Gasteiger partial charge in [0.2, 0.25) is 5.75 Å². The van der Waals surface area contributed by atoms with E-state index in [2.05, 4.69) is 5.32 Å². The maximum Gasteiger partial charge on any atom is 0.338 e. The average Bonchev–Trinajstić information content (AvgIpc) is 2.79. The maximum absolute atomic E-state index is 12.6. The largest absolute Gasteiger partial charge is 0.497 e. The smallest absolute Gasteiger partial charge is 0.338 e. The Labute approximate surface area is 188 Å². The Kier molecular flexibility index (Phi) is 9.66. The molecule has 0 aliphatic heterocycles. The van der Waals surface area contributed by atoms with Gasteiger partial charge in [0, 0.05) is 0 Å². The molecule has 0 heterocycles. The maximum atomic E-state index is 12.6. The van der Waals surface area contributed by atoms with E-state index in [-0.39, 0.29) is 11.6 Å². The number of nitrogens with one attached hydrogen (secondary N) is 1. The molecule has 1 amide bonds. The monoisotopic (exact) mass is 445 g/mol. The van der Waals surface area contributed by atoms with Gasteiger partial charge in [0.1, 0.15) is 5.75 Å². The van der Waals surface area contributed by atoms with E-state index in [1.807, 2.05) is 52.0 Å². The zero-order chi connectivity index (χ0) is 23.5. The summed E-state index contributed by atoms with van der Waals surface area (Å²) in [7, 11) is 1.59. The van der Waals surface area contributed by atoms with Crippen molar-refractivity contribution in [1.29, 1.82) is 0 Å². The molecule has 32 heavy (non-hydrogen) atoms. The Hall–Kier alpha value is -3.42. The molecular weight excluding hydrogens is 414 g/mol. The van der Waals surface area contributed by atoms with Crippen LogP contribution in [0.25, 0.3) is 0 Å². The molecular formula is C24H31NO7. The van der Waals surface area contributed by atoms with Crippen LogP contribution in [0.2, 0.25) is 0 Å². The normalized spacial score (nSPS) is 11.3. The highest BCUT2D eigenvalue weighted by Crippen LogP contribution is 2.39. The number of amides is 1. The molecule has 8 heteroatoms. The lowest BCUT2D eigenvalue weighted by atomic mass is 10.1. The third-order valence-electron chi connectivity index (χ3n) is 4.47. The fourth-order valence-electron chi connectivity index (χ4n) is 2.98. The molecule has 0 radical (unpaired) electrons. The van der Waals surface area contributed by atoms with Crippen LogP contribution >= 0.6 is 0 Å². The van der Waals surface area contributed by atoms with E-state index in [0.29, 0.717) is 37.1 Å². The van der Waals surface area contributed by atoms with Crippen LogP contribution in [0.1, 0.15) is 49.7 Å². The second kappa shape index (κ2) is 12.4. The van der Waals surface area contributed by atoms with Gasteiger partial charge in [-0.25, -0.2) is 4.79 Å². The van der Waals surface area contributed by atoms with Gasteiger partial charge in [0.05, 0.1) is 38.5 Å². The van der Waals surface area contributed by atoms with Crippen molar-refractivity contribution in [2.24, 2.45) is 0 Å². The SMILES string of the molecule is CCOc1cc(C(=O)OCC(=O)NC(C)c2ccc(OC)cc2)cc(OCC)c1OCC. The van der Waals surface area contributed by atoms with Crippen LogP contribution < -0.4 is 24.3 Å². The molecule has 1 atom stereocenters. The first-order valence-corrected chi connectivity index (χ1v) is 10.6. The molecule has 0 fully saturated rings. The second-order valence-electron chi connectivity index (χ2n) is 6.74. The van der Waals surface area contributed by atoms with Crippen molar-refractivity contribution in [1.82, 2.24) is 5.32 Å². The van der Waals surface area contributed by atoms with E-state index in [0.717, 1.165) is 11.3 Å². The lowest BCUT2D eigenvalue weighted by Gasteiger charge is -2.17. The molecule has 2 rings (SSSR count). The average molecular weight is 446 g/mol. The highest BCUT2D eigenvalue weighted by molar-refractivity contribution is 5.92. The minimum atomic E-state index is -0.665. The summed E-state index contributed by atoms with van der Waals surface area (Å²) in [6.07, 6.45) is 0. The fourth-order valence-corrected chi connectivity index (χ4v) is 2.98. The number of hydrogen-bond acceptors (Lipinski definition) is 7. The molecule has 0 aromatic heterocycles. The zero-order valence-electron chi connectivity index (χ0n) is 19.2. The molecule has 0 aliphatic rings. The van der Waals surface area contributed by atoms with E-state index in [9.17, 15) is 9.59 Å². The third-order valence-corrected chi connectivity index (χ3v) is 4.47. The Morgan fingerprint density at radius 2 is 1.47 bits per heavy atom. The quantitative estimate of drug-likeness (QED) is 0.495. The number of hydrogen-bond donors (Lipinski definition) is 1. The Morgan fingerprint density at radius 1 is 0.906 bits per heavy atom. The van der Waals surface area contributed by atoms with Gasteiger partial charge in [-0.1, -0.05) is 12.1 Å². The second-order valence-corrected chi connectivity index (χ2v) is 6.74. The molecule has 0 saturated carbocycles. The molecule has 8 nitrogen and oxygen atoms in total. The van der Waals surface area contributed by atoms with Crippen LogP contribution in [0.5, 0.6) is 23.0 Å². The van der Waals surface area contributed by atoms with Gasteiger partial charge >= 0.3 is 5.97 Å². The van der Waals surface area contributed by atoms with Crippen LogP contribution in [0.15, 0.2) is 36.4 Å². The van der Waals surface area contributed by atoms with Crippen molar-refractivity contribution < 1.29 is 33.3 Å². The fraction of sp³-hybridized carbons (Fsp3) is 0.417. The Bertz CT molecular complexity index is 869. The number of esters is 1. The molecule has 2 aromatic rings. The number of carbonyl (C=O) groups excluding carboxylic acids is 2. The molecule has 1 N–H and O–H groups in total. The van der Waals surface area contributed by atoms with E-state index < -0.39 is 18.5 Å². The van der Waals surface area contributed by atoms with E-state index in [1.165, 1.54) is 12.1 Å². The van der Waals surface area contributed by atoms with Crippen molar-refractivity contribution in [3.05, 3.63) is 47.5 Å². The van der Waals surface area contributed by atoms with Gasteiger partial charge in [-0.15, -0.1) is 0 Å². The predicted octanol–water partition coefficient (Wildman–Crippen LogP) is 3.93. The van der Waals surface area contributed by atoms with Gasteiger partial charge in [-0.2, -0.15) is 0 Å². The first kappa shape index (κ1) is 24.8. The number of methoxy groups -OCH3 is 1. The number of ether oxygens (including phenoxy) is 5. The molecule has 174 valence electrons. The van der Waals surface area contributed by atoms with Gasteiger partial charge in [-0.3, -0.25) is 4.79 Å². The minimum absolute atomic E-state index is 0.205. The van der Waals surface area contributed by atoms with Gasteiger partial charge in [0.25, 0.3) is 5.91 Å². The summed E-state index contributed by atoms with van der Waals surface area (Å²) in [6.45, 7) is 8.11. The highest BCUT2D eigenvalue weighted by atomic mass is 16.5. The summed E-state index contributed by atoms with van der Waals surface area (Å²) in [5, 5.41) is 2.80. The van der Waals surface area contributed by atoms with Crippen molar-refractivity contribution in [3.63, 3.8) is 0 Å². The summed E-state index contributed by atoms with van der Waals surface area (Å²) >= 11 is 0. The number of rotatable bonds is 12. The summed E-state index contributed by atoms with van der Waals surface area (Å²) in [4.78, 5) is 24.9. The lowest BCUT2D eigenvalue weighted by molar-refractivity contribution is -0.124. The summed E-state index contributed by atoms with van der Waals surface area (Å²) in [5.41, 5.74) is 1.11. The number of benzene rings is 2. The van der Waals surface area contributed by atoms with Crippen molar-refractivity contribution in [3.8, 4) is 23.0 Å². The van der Waals surface area contributed by atoms with Crippen molar-refractivity contribution in [2.45, 2.75) is 33.7 Å². The van der Waals surface area contributed by atoms with E-state index in [1.54, 1.807) is 7.11 Å². The topological polar surface area (TPSA) is 92.3 Å². The summed E-state index contributed by atoms with van der Waals surface area (Å²) in [5.74, 6) is 0.841. The zero-order valence-corrected chi connectivity index (χ0v) is 19.2. The summed E-state index contributed by atoms with van der Waals surface area (Å²) < 4.78 is 27.2. The standard InChI is InChI=1S/C24H31NO7/c1-6-29-20-13-18(14-21(30-7-2)23(20)31-8-3)24(27)32-15-22(26)25-16(4)17-9-11-19(28-5)12-10-17/h9-14,16H,6-8,15H2,1-5H3,(H,25,26). The van der Waals surface area contributed by atoms with Gasteiger partial charge in [0.15, 0.2) is 18.1 Å². The third kappa shape index (κ3) is 6.80. The molecule has 1 unspecified atom stereocenters. The highest BCUT2D eigenvalue weighted by Gasteiger charge is 2.20. The van der Waals surface area contributed by atoms with Crippen LogP contribution in [0.4, 0.5) is 0 Å². The van der Waals surface area contributed by atoms with E-state index in [4.69, 9.17) is 23.7 Å². The molecule has 2 aromatic carbocycles. The predicted molar refractivity (Wildman–Crippen MR) is 120 cm³/mol.